The molecule has 0 N–H and O–H groups in total. The van der Waals surface area contributed by atoms with Crippen LogP contribution in [0.15, 0.2) is 0 Å². The average molecular weight is 198 g/mol. The van der Waals surface area contributed by atoms with Crippen molar-refractivity contribution in [1.29, 1.82) is 0 Å². The fourth-order valence-corrected chi connectivity index (χ4v) is 1.58. The van der Waals surface area contributed by atoms with E-state index in [0.29, 0.717) is 0 Å². The van der Waals surface area contributed by atoms with Crippen LogP contribution in [-0.4, -0.2) is 55.9 Å². The maximum absolute atomic E-state index is 10.7. The molecular formula is C11H22N2O. The van der Waals surface area contributed by atoms with E-state index in [9.17, 15) is 4.79 Å². The maximum atomic E-state index is 10.7. The summed E-state index contributed by atoms with van der Waals surface area (Å²) < 4.78 is 0. The Morgan fingerprint density at radius 1 is 1.21 bits per heavy atom. The van der Waals surface area contributed by atoms with E-state index in [1.54, 1.807) is 0 Å². The molecule has 0 atom stereocenters. The van der Waals surface area contributed by atoms with Gasteiger partial charge in [-0.15, -0.1) is 0 Å². The number of carbonyl (C=O) groups excluding carboxylic acids is 1. The predicted octanol–water partition coefficient (Wildman–Crippen LogP) is 0.849. The first kappa shape index (κ1) is 11.7. The zero-order valence-corrected chi connectivity index (χ0v) is 9.62. The number of rotatable bonds is 4. The Kier molecular flexibility index (Phi) is 4.08. The van der Waals surface area contributed by atoms with Crippen LogP contribution < -0.4 is 0 Å². The number of likely N-dealkylation sites (N-methyl/N-ethyl adjacent to an activating group) is 1. The van der Waals surface area contributed by atoms with E-state index in [2.05, 4.69) is 16.8 Å². The van der Waals surface area contributed by atoms with Crippen molar-refractivity contribution in [3.8, 4) is 0 Å². The molecule has 1 saturated heterocycles. The first-order valence-corrected chi connectivity index (χ1v) is 5.41. The molecule has 1 aliphatic heterocycles. The second-order valence-electron chi connectivity index (χ2n) is 5.00. The first-order valence-electron chi connectivity index (χ1n) is 5.41. The van der Waals surface area contributed by atoms with Gasteiger partial charge in [0.2, 0.25) is 0 Å². The van der Waals surface area contributed by atoms with Crippen molar-refractivity contribution in [2.75, 3.05) is 39.8 Å². The van der Waals surface area contributed by atoms with Gasteiger partial charge < -0.3 is 14.6 Å². The fourth-order valence-electron chi connectivity index (χ4n) is 1.58. The number of carbonyl (C=O) groups is 1. The summed E-state index contributed by atoms with van der Waals surface area (Å²) in [6, 6.07) is 0. The number of piperazine rings is 1. The third kappa shape index (κ3) is 3.76. The summed E-state index contributed by atoms with van der Waals surface area (Å²) in [7, 11) is 2.16. The second kappa shape index (κ2) is 4.89. The summed E-state index contributed by atoms with van der Waals surface area (Å²) >= 11 is 0. The van der Waals surface area contributed by atoms with Crippen LogP contribution in [0.1, 0.15) is 20.3 Å². The largest absolute Gasteiger partial charge is 0.304 e. The zero-order chi connectivity index (χ0) is 10.6. The highest BCUT2D eigenvalue weighted by Gasteiger charge is 2.19. The van der Waals surface area contributed by atoms with E-state index in [1.165, 1.54) is 0 Å². The number of nitrogens with zero attached hydrogens (tertiary/aromatic N) is 2. The van der Waals surface area contributed by atoms with E-state index in [1.807, 2.05) is 13.8 Å². The van der Waals surface area contributed by atoms with E-state index < -0.39 is 0 Å². The quantitative estimate of drug-likeness (QED) is 0.626. The second-order valence-corrected chi connectivity index (χ2v) is 5.00. The smallest absolute Gasteiger partial charge is 0.125 e. The summed E-state index contributed by atoms with van der Waals surface area (Å²) in [6.07, 6.45) is 2.04. The summed E-state index contributed by atoms with van der Waals surface area (Å²) in [4.78, 5) is 15.5. The van der Waals surface area contributed by atoms with Gasteiger partial charge in [-0.3, -0.25) is 0 Å². The minimum atomic E-state index is -0.149. The maximum Gasteiger partial charge on any atom is 0.125 e. The highest BCUT2D eigenvalue weighted by molar-refractivity contribution is 5.57. The van der Waals surface area contributed by atoms with Gasteiger partial charge in [-0.2, -0.15) is 0 Å². The van der Waals surface area contributed by atoms with Crippen molar-refractivity contribution in [2.45, 2.75) is 20.3 Å². The van der Waals surface area contributed by atoms with Gasteiger partial charge in [-0.25, -0.2) is 0 Å². The molecule has 0 radical (unpaired) electrons. The number of hydrogen-bond acceptors (Lipinski definition) is 3. The monoisotopic (exact) mass is 198 g/mol. The van der Waals surface area contributed by atoms with Gasteiger partial charge in [0.1, 0.15) is 6.29 Å². The Hall–Kier alpha value is -0.410. The van der Waals surface area contributed by atoms with Crippen LogP contribution in [0.25, 0.3) is 0 Å². The van der Waals surface area contributed by atoms with Crippen LogP contribution >= 0.6 is 0 Å². The van der Waals surface area contributed by atoms with Crippen molar-refractivity contribution in [1.82, 2.24) is 9.80 Å². The molecule has 0 saturated carbocycles. The Balaban J connectivity index is 2.22. The van der Waals surface area contributed by atoms with Crippen molar-refractivity contribution in [3.63, 3.8) is 0 Å². The van der Waals surface area contributed by atoms with Crippen LogP contribution in [0.5, 0.6) is 0 Å². The van der Waals surface area contributed by atoms with Crippen LogP contribution in [0.3, 0.4) is 0 Å². The van der Waals surface area contributed by atoms with Crippen molar-refractivity contribution in [3.05, 3.63) is 0 Å². The van der Waals surface area contributed by atoms with E-state index in [-0.39, 0.29) is 5.41 Å². The minimum absolute atomic E-state index is 0.149. The molecule has 0 unspecified atom stereocenters. The normalized spacial score (nSPS) is 21.1. The minimum Gasteiger partial charge on any atom is -0.304 e. The molecular weight excluding hydrogens is 176 g/mol. The van der Waals surface area contributed by atoms with Crippen LogP contribution in [0.2, 0.25) is 0 Å². The highest BCUT2D eigenvalue weighted by atomic mass is 16.1. The molecule has 1 fully saturated rings. The molecule has 0 aromatic carbocycles. The molecule has 3 heteroatoms. The molecule has 1 aliphatic rings. The Bertz CT molecular complexity index is 184. The SMILES string of the molecule is CN1CCN(CCC(C)(C)C=O)CC1. The zero-order valence-electron chi connectivity index (χ0n) is 9.62. The molecule has 3 nitrogen and oxygen atoms in total. The van der Waals surface area contributed by atoms with Gasteiger partial charge in [0.15, 0.2) is 0 Å². The van der Waals surface area contributed by atoms with E-state index in [0.717, 1.165) is 45.4 Å². The highest BCUT2D eigenvalue weighted by Crippen LogP contribution is 2.17. The van der Waals surface area contributed by atoms with Crippen LogP contribution in [0.4, 0.5) is 0 Å². The lowest BCUT2D eigenvalue weighted by Gasteiger charge is -2.33. The molecule has 14 heavy (non-hydrogen) atoms. The van der Waals surface area contributed by atoms with Gasteiger partial charge in [-0.1, -0.05) is 13.8 Å². The first-order chi connectivity index (χ1) is 6.53. The Morgan fingerprint density at radius 3 is 2.29 bits per heavy atom. The lowest BCUT2D eigenvalue weighted by atomic mass is 9.91. The van der Waals surface area contributed by atoms with Gasteiger partial charge in [0.25, 0.3) is 0 Å². The number of aldehydes is 1. The predicted molar refractivity (Wildman–Crippen MR) is 58.4 cm³/mol. The Labute approximate surface area is 87.1 Å². The lowest BCUT2D eigenvalue weighted by Crippen LogP contribution is -2.45. The van der Waals surface area contributed by atoms with Crippen molar-refractivity contribution < 1.29 is 4.79 Å². The molecule has 0 aromatic heterocycles. The fraction of sp³-hybridized carbons (Fsp3) is 0.909. The third-order valence-corrected chi connectivity index (χ3v) is 2.99. The van der Waals surface area contributed by atoms with Crippen molar-refractivity contribution >= 4 is 6.29 Å². The molecule has 0 spiro atoms. The summed E-state index contributed by atoms with van der Waals surface area (Å²) in [5.41, 5.74) is -0.149. The Morgan fingerprint density at radius 2 is 1.79 bits per heavy atom. The molecule has 0 aliphatic carbocycles. The van der Waals surface area contributed by atoms with Crippen molar-refractivity contribution in [2.24, 2.45) is 5.41 Å². The molecule has 1 heterocycles. The molecule has 0 bridgehead atoms. The lowest BCUT2D eigenvalue weighted by molar-refractivity contribution is -0.115. The van der Waals surface area contributed by atoms with E-state index >= 15 is 0 Å². The summed E-state index contributed by atoms with van der Waals surface area (Å²) in [5.74, 6) is 0. The van der Waals surface area contributed by atoms with Crippen LogP contribution in [0, 0.1) is 5.41 Å². The topological polar surface area (TPSA) is 23.6 Å². The van der Waals surface area contributed by atoms with Gasteiger partial charge in [0, 0.05) is 31.6 Å². The third-order valence-electron chi connectivity index (χ3n) is 2.99. The van der Waals surface area contributed by atoms with E-state index in [4.69, 9.17) is 0 Å². The number of hydrogen-bond donors (Lipinski definition) is 0. The van der Waals surface area contributed by atoms with Gasteiger partial charge in [0.05, 0.1) is 0 Å². The average Bonchev–Trinajstić information content (AvgIpc) is 2.17. The summed E-state index contributed by atoms with van der Waals surface area (Å²) in [6.45, 7) is 9.67. The van der Waals surface area contributed by atoms with Gasteiger partial charge >= 0.3 is 0 Å². The standard InChI is InChI=1S/C11H22N2O/c1-11(2,10-14)4-5-13-8-6-12(3)7-9-13/h10H,4-9H2,1-3H3. The molecule has 1 rings (SSSR count). The summed E-state index contributed by atoms with van der Waals surface area (Å²) in [5, 5.41) is 0. The van der Waals surface area contributed by atoms with Crippen LogP contribution in [-0.2, 0) is 4.79 Å². The molecule has 0 aromatic rings. The molecule has 82 valence electrons. The molecule has 0 amide bonds. The van der Waals surface area contributed by atoms with Gasteiger partial charge in [-0.05, 0) is 20.0 Å².